The van der Waals surface area contributed by atoms with Gasteiger partial charge in [-0.3, -0.25) is 0 Å². The fourth-order valence-electron chi connectivity index (χ4n) is 2.47. The standard InChI is InChI=1S/C15H14FNO3S/c16-12-7-5-11(6-8-12)9-10-17-15(18)13-3-1-2-4-14(13)21(17,19)20/h1-8,15,18H,9-10H2. The average molecular weight is 307 g/mol. The topological polar surface area (TPSA) is 57.6 Å². The number of benzene rings is 2. The van der Waals surface area contributed by atoms with Crippen LogP contribution in [0.3, 0.4) is 0 Å². The lowest BCUT2D eigenvalue weighted by molar-refractivity contribution is 0.0700. The third-order valence-corrected chi connectivity index (χ3v) is 5.52. The molecule has 0 aliphatic carbocycles. The quantitative estimate of drug-likeness (QED) is 0.944. The van der Waals surface area contributed by atoms with E-state index in [0.29, 0.717) is 12.0 Å². The summed E-state index contributed by atoms with van der Waals surface area (Å²) in [7, 11) is -3.66. The zero-order valence-electron chi connectivity index (χ0n) is 11.1. The Morgan fingerprint density at radius 3 is 2.43 bits per heavy atom. The molecule has 3 rings (SSSR count). The number of hydrogen-bond acceptors (Lipinski definition) is 3. The highest BCUT2D eigenvalue weighted by Crippen LogP contribution is 2.37. The Balaban J connectivity index is 1.82. The molecule has 1 aliphatic rings. The highest BCUT2D eigenvalue weighted by Gasteiger charge is 2.40. The Bertz CT molecular complexity index is 759. The normalized spacial score (nSPS) is 20.4. The fraction of sp³-hybridized carbons (Fsp3) is 0.200. The van der Waals surface area contributed by atoms with Gasteiger partial charge in [0.25, 0.3) is 0 Å². The molecule has 1 unspecified atom stereocenters. The minimum Gasteiger partial charge on any atom is -0.373 e. The van der Waals surface area contributed by atoms with Gasteiger partial charge < -0.3 is 5.11 Å². The van der Waals surface area contributed by atoms with E-state index < -0.39 is 16.3 Å². The molecule has 0 saturated carbocycles. The zero-order valence-corrected chi connectivity index (χ0v) is 11.9. The first-order valence-corrected chi connectivity index (χ1v) is 7.97. The van der Waals surface area contributed by atoms with Crippen LogP contribution in [0.15, 0.2) is 53.4 Å². The third kappa shape index (κ3) is 2.46. The van der Waals surface area contributed by atoms with Crippen LogP contribution >= 0.6 is 0 Å². The minimum atomic E-state index is -3.66. The highest BCUT2D eigenvalue weighted by molar-refractivity contribution is 7.89. The Kier molecular flexibility index (Phi) is 3.52. The maximum atomic E-state index is 12.8. The summed E-state index contributed by atoms with van der Waals surface area (Å²) < 4.78 is 38.7. The minimum absolute atomic E-state index is 0.143. The highest BCUT2D eigenvalue weighted by atomic mass is 32.2. The van der Waals surface area contributed by atoms with Crippen LogP contribution in [0, 0.1) is 5.82 Å². The van der Waals surface area contributed by atoms with Crippen molar-refractivity contribution in [1.29, 1.82) is 0 Å². The van der Waals surface area contributed by atoms with Gasteiger partial charge in [0.05, 0.1) is 4.90 Å². The maximum Gasteiger partial charge on any atom is 0.245 e. The summed E-state index contributed by atoms with van der Waals surface area (Å²) in [5.74, 6) is -0.333. The van der Waals surface area contributed by atoms with Crippen LogP contribution in [0.5, 0.6) is 0 Å². The SMILES string of the molecule is O=S1(=O)c2ccccc2C(O)N1CCc1ccc(F)cc1. The van der Waals surface area contributed by atoms with Crippen molar-refractivity contribution >= 4 is 10.0 Å². The van der Waals surface area contributed by atoms with Crippen LogP contribution in [0.1, 0.15) is 17.4 Å². The molecule has 1 atom stereocenters. The predicted molar refractivity (Wildman–Crippen MR) is 75.4 cm³/mol. The second kappa shape index (κ2) is 5.22. The summed E-state index contributed by atoms with van der Waals surface area (Å²) in [5.41, 5.74) is 1.21. The lowest BCUT2D eigenvalue weighted by Crippen LogP contribution is -2.30. The number of hydrogen-bond donors (Lipinski definition) is 1. The van der Waals surface area contributed by atoms with Crippen molar-refractivity contribution in [3.8, 4) is 0 Å². The number of sulfonamides is 1. The van der Waals surface area contributed by atoms with Gasteiger partial charge in [-0.1, -0.05) is 30.3 Å². The Hall–Kier alpha value is -1.76. The lowest BCUT2D eigenvalue weighted by atomic mass is 10.1. The molecule has 1 heterocycles. The first-order valence-electron chi connectivity index (χ1n) is 6.53. The van der Waals surface area contributed by atoms with Crippen molar-refractivity contribution in [2.24, 2.45) is 0 Å². The summed E-state index contributed by atoms with van der Waals surface area (Å²) in [5, 5.41) is 10.2. The first-order chi connectivity index (χ1) is 10.00. The number of fused-ring (bicyclic) bond motifs is 1. The van der Waals surface area contributed by atoms with E-state index in [4.69, 9.17) is 0 Å². The van der Waals surface area contributed by atoms with Crippen molar-refractivity contribution in [1.82, 2.24) is 4.31 Å². The predicted octanol–water partition coefficient (Wildman–Crippen LogP) is 2.06. The number of aliphatic hydroxyl groups is 1. The van der Waals surface area contributed by atoms with Crippen molar-refractivity contribution in [3.05, 3.63) is 65.5 Å². The molecule has 6 heteroatoms. The van der Waals surface area contributed by atoms with Crippen molar-refractivity contribution in [3.63, 3.8) is 0 Å². The zero-order chi connectivity index (χ0) is 15.0. The molecular weight excluding hydrogens is 293 g/mol. The smallest absolute Gasteiger partial charge is 0.245 e. The molecule has 1 N–H and O–H groups in total. The third-order valence-electron chi connectivity index (χ3n) is 3.59. The van der Waals surface area contributed by atoms with E-state index >= 15 is 0 Å². The van der Waals surface area contributed by atoms with Crippen LogP contribution in [0.2, 0.25) is 0 Å². The van der Waals surface area contributed by atoms with Crippen molar-refractivity contribution in [2.45, 2.75) is 17.5 Å². The largest absolute Gasteiger partial charge is 0.373 e. The molecule has 0 spiro atoms. The van der Waals surface area contributed by atoms with Gasteiger partial charge in [-0.2, -0.15) is 4.31 Å². The monoisotopic (exact) mass is 307 g/mol. The average Bonchev–Trinajstić information content (AvgIpc) is 2.67. The van der Waals surface area contributed by atoms with E-state index in [0.717, 1.165) is 9.87 Å². The van der Waals surface area contributed by atoms with Gasteiger partial charge in [0.1, 0.15) is 12.0 Å². The molecule has 21 heavy (non-hydrogen) atoms. The van der Waals surface area contributed by atoms with E-state index in [-0.39, 0.29) is 17.3 Å². The molecule has 110 valence electrons. The Labute approximate surface area is 122 Å². The second-order valence-corrected chi connectivity index (χ2v) is 6.76. The van der Waals surface area contributed by atoms with Crippen LogP contribution in [-0.4, -0.2) is 24.4 Å². The van der Waals surface area contributed by atoms with Gasteiger partial charge in [-0.15, -0.1) is 0 Å². The molecule has 0 bridgehead atoms. The molecule has 2 aromatic carbocycles. The number of rotatable bonds is 3. The van der Waals surface area contributed by atoms with Crippen LogP contribution < -0.4 is 0 Å². The summed E-state index contributed by atoms with van der Waals surface area (Å²) in [4.78, 5) is 0.150. The second-order valence-electron chi connectivity index (χ2n) is 4.90. The molecular formula is C15H14FNO3S. The molecule has 0 amide bonds. The molecule has 0 aromatic heterocycles. The van der Waals surface area contributed by atoms with Gasteiger partial charge >= 0.3 is 0 Å². The molecule has 2 aromatic rings. The van der Waals surface area contributed by atoms with Crippen molar-refractivity contribution in [2.75, 3.05) is 6.54 Å². The molecule has 1 aliphatic heterocycles. The van der Waals surface area contributed by atoms with Gasteiger partial charge in [-0.05, 0) is 30.2 Å². The summed E-state index contributed by atoms with van der Waals surface area (Å²) >= 11 is 0. The Morgan fingerprint density at radius 2 is 1.76 bits per heavy atom. The van der Waals surface area contributed by atoms with Gasteiger partial charge in [0.2, 0.25) is 10.0 Å². The number of nitrogens with zero attached hydrogens (tertiary/aromatic N) is 1. The van der Waals surface area contributed by atoms with Crippen LogP contribution in [-0.2, 0) is 16.4 Å². The molecule has 4 nitrogen and oxygen atoms in total. The van der Waals surface area contributed by atoms with Crippen molar-refractivity contribution < 1.29 is 17.9 Å². The molecule has 0 saturated heterocycles. The van der Waals surface area contributed by atoms with E-state index in [1.54, 1.807) is 30.3 Å². The van der Waals surface area contributed by atoms with E-state index in [9.17, 15) is 17.9 Å². The molecule has 0 radical (unpaired) electrons. The summed E-state index contributed by atoms with van der Waals surface area (Å²) in [6.07, 6.45) is -0.753. The van der Waals surface area contributed by atoms with Gasteiger partial charge in [-0.25, -0.2) is 12.8 Å². The van der Waals surface area contributed by atoms with E-state index in [1.165, 1.54) is 18.2 Å². The summed E-state index contributed by atoms with van der Waals surface area (Å²) in [6.45, 7) is 0.143. The Morgan fingerprint density at radius 1 is 1.10 bits per heavy atom. The van der Waals surface area contributed by atoms with Gasteiger partial charge in [0.15, 0.2) is 0 Å². The molecule has 0 fully saturated rings. The van der Waals surface area contributed by atoms with Crippen LogP contribution in [0.25, 0.3) is 0 Å². The maximum absolute atomic E-state index is 12.8. The van der Waals surface area contributed by atoms with Gasteiger partial charge in [0, 0.05) is 12.1 Å². The number of halogens is 1. The lowest BCUT2D eigenvalue weighted by Gasteiger charge is -2.18. The fourth-order valence-corrected chi connectivity index (χ4v) is 4.16. The van der Waals surface area contributed by atoms with E-state index in [1.807, 2.05) is 0 Å². The first kappa shape index (κ1) is 14.2. The summed E-state index contributed by atoms with van der Waals surface area (Å²) in [6, 6.07) is 12.3. The number of aliphatic hydroxyl groups excluding tert-OH is 1. The van der Waals surface area contributed by atoms with Crippen LogP contribution in [0.4, 0.5) is 4.39 Å². The van der Waals surface area contributed by atoms with E-state index in [2.05, 4.69) is 0 Å².